The zero-order valence-electron chi connectivity index (χ0n) is 19.4. The molecule has 164 valence electrons. The largest absolute Gasteiger partial charge is 0.0616 e. The predicted molar refractivity (Wildman–Crippen MR) is 142 cm³/mol. The van der Waals surface area contributed by atoms with Gasteiger partial charge >= 0.3 is 0 Å². The van der Waals surface area contributed by atoms with E-state index >= 15 is 0 Å². The molecule has 0 N–H and O–H groups in total. The Labute approximate surface area is 200 Å². The highest BCUT2D eigenvalue weighted by molar-refractivity contribution is 6.04. The molecule has 5 aromatic carbocycles. The van der Waals surface area contributed by atoms with Crippen molar-refractivity contribution in [3.63, 3.8) is 0 Å². The molecule has 0 heteroatoms. The minimum Gasteiger partial charge on any atom is -0.0616 e. The molecule has 0 unspecified atom stereocenters. The lowest BCUT2D eigenvalue weighted by Gasteiger charge is -2.61. The van der Waals surface area contributed by atoms with Crippen LogP contribution in [-0.2, 0) is 5.41 Å². The maximum Gasteiger partial charge on any atom is 0.0278 e. The van der Waals surface area contributed by atoms with Crippen molar-refractivity contribution < 1.29 is 0 Å². The maximum absolute atomic E-state index is 2.63. The van der Waals surface area contributed by atoms with Crippen LogP contribution >= 0.6 is 0 Å². The summed E-state index contributed by atoms with van der Waals surface area (Å²) in [6, 6.07) is 32.9. The van der Waals surface area contributed by atoms with Gasteiger partial charge in [0.25, 0.3) is 0 Å². The molecule has 5 aromatic rings. The van der Waals surface area contributed by atoms with Gasteiger partial charge in [0.2, 0.25) is 0 Å². The molecule has 0 atom stereocenters. The van der Waals surface area contributed by atoms with Crippen molar-refractivity contribution in [2.75, 3.05) is 0 Å². The van der Waals surface area contributed by atoms with Crippen LogP contribution in [0.2, 0.25) is 0 Å². The third-order valence-corrected chi connectivity index (χ3v) is 10.3. The van der Waals surface area contributed by atoms with Crippen molar-refractivity contribution in [2.45, 2.75) is 37.5 Å². The van der Waals surface area contributed by atoms with Crippen LogP contribution in [0.5, 0.6) is 0 Å². The first-order valence-corrected chi connectivity index (χ1v) is 13.3. The summed E-state index contributed by atoms with van der Waals surface area (Å²) >= 11 is 0. The maximum atomic E-state index is 2.63. The van der Waals surface area contributed by atoms with Gasteiger partial charge in [-0.15, -0.1) is 0 Å². The molecule has 5 aliphatic rings. The van der Waals surface area contributed by atoms with Crippen molar-refractivity contribution >= 4 is 32.3 Å². The minimum atomic E-state index is 0.207. The smallest absolute Gasteiger partial charge is 0.0278 e. The zero-order valence-corrected chi connectivity index (χ0v) is 19.4. The Balaban J connectivity index is 1.43. The molecule has 0 aromatic heterocycles. The molecule has 4 saturated carbocycles. The Hall–Kier alpha value is -3.12. The Bertz CT molecular complexity index is 1640. The SMILES string of the molecule is c1ccc2cc3cc4c(cc3cc2c1)-c1ccc2ccccc2c1C41C2CC3CC(C2)CC1C3. The fourth-order valence-corrected chi connectivity index (χ4v) is 9.41. The molecular formula is C34H28. The summed E-state index contributed by atoms with van der Waals surface area (Å²) in [5, 5.41) is 8.43. The molecule has 34 heavy (non-hydrogen) atoms. The number of hydrogen-bond acceptors (Lipinski definition) is 0. The Kier molecular flexibility index (Phi) is 3.28. The van der Waals surface area contributed by atoms with Crippen LogP contribution in [0.15, 0.2) is 84.9 Å². The first-order chi connectivity index (χ1) is 16.8. The molecule has 4 bridgehead atoms. The van der Waals surface area contributed by atoms with Gasteiger partial charge in [0.05, 0.1) is 0 Å². The van der Waals surface area contributed by atoms with Crippen LogP contribution in [-0.4, -0.2) is 0 Å². The molecule has 0 amide bonds. The van der Waals surface area contributed by atoms with Gasteiger partial charge in [0, 0.05) is 5.41 Å². The summed E-state index contributed by atoms with van der Waals surface area (Å²) in [5.74, 6) is 3.54. The normalized spacial score (nSPS) is 30.5. The second kappa shape index (κ2) is 6.11. The van der Waals surface area contributed by atoms with Gasteiger partial charge in [0.1, 0.15) is 0 Å². The Morgan fingerprint density at radius 1 is 0.500 bits per heavy atom. The highest BCUT2D eigenvalue weighted by atomic mass is 14.6. The number of fused-ring (bicyclic) bond motifs is 7. The lowest BCUT2D eigenvalue weighted by Crippen LogP contribution is -2.55. The summed E-state index contributed by atoms with van der Waals surface area (Å²) < 4.78 is 0. The van der Waals surface area contributed by atoms with Crippen LogP contribution < -0.4 is 0 Å². The number of rotatable bonds is 0. The summed E-state index contributed by atoms with van der Waals surface area (Å²) in [4.78, 5) is 0. The molecular weight excluding hydrogens is 408 g/mol. The van der Waals surface area contributed by atoms with Gasteiger partial charge in [-0.1, -0.05) is 60.7 Å². The van der Waals surface area contributed by atoms with E-state index < -0.39 is 0 Å². The second-order valence-corrected chi connectivity index (χ2v) is 11.8. The first-order valence-electron chi connectivity index (χ1n) is 13.3. The van der Waals surface area contributed by atoms with Crippen LogP contribution in [0.4, 0.5) is 0 Å². The molecule has 0 saturated heterocycles. The lowest BCUT2D eigenvalue weighted by atomic mass is 9.43. The monoisotopic (exact) mass is 436 g/mol. The second-order valence-electron chi connectivity index (χ2n) is 11.8. The average molecular weight is 437 g/mol. The van der Waals surface area contributed by atoms with E-state index in [-0.39, 0.29) is 5.41 Å². The van der Waals surface area contributed by atoms with Crippen molar-refractivity contribution in [3.8, 4) is 11.1 Å². The van der Waals surface area contributed by atoms with Crippen LogP contribution in [0.3, 0.4) is 0 Å². The highest BCUT2D eigenvalue weighted by Crippen LogP contribution is 2.70. The topological polar surface area (TPSA) is 0 Å². The van der Waals surface area contributed by atoms with Gasteiger partial charge in [-0.05, 0) is 135 Å². The third kappa shape index (κ3) is 2.08. The van der Waals surface area contributed by atoms with Crippen LogP contribution in [0, 0.1) is 23.7 Å². The van der Waals surface area contributed by atoms with Crippen LogP contribution in [0.1, 0.15) is 43.2 Å². The molecule has 0 heterocycles. The van der Waals surface area contributed by atoms with E-state index in [1.54, 1.807) is 11.1 Å². The lowest BCUT2D eigenvalue weighted by molar-refractivity contribution is -0.0393. The van der Waals surface area contributed by atoms with Gasteiger partial charge in [0.15, 0.2) is 0 Å². The average Bonchev–Trinajstić information content (AvgIpc) is 3.14. The fourth-order valence-electron chi connectivity index (χ4n) is 9.41. The fraction of sp³-hybridized carbons (Fsp3) is 0.294. The number of hydrogen-bond donors (Lipinski definition) is 0. The molecule has 0 nitrogen and oxygen atoms in total. The zero-order chi connectivity index (χ0) is 22.0. The van der Waals surface area contributed by atoms with E-state index in [1.165, 1.54) is 75.5 Å². The van der Waals surface area contributed by atoms with E-state index in [9.17, 15) is 0 Å². The minimum absolute atomic E-state index is 0.207. The standard InChI is InChI=1S/C34H28/c1-2-7-24-17-26-19-32-31(18-25(26)16-23(24)6-1)30-10-9-22-5-3-4-8-29(22)33(30)34(32)27-12-20-11-21(14-27)15-28(34)13-20/h1-10,16-21,27-28H,11-15H2. The molecule has 4 fully saturated rings. The van der Waals surface area contributed by atoms with E-state index in [0.29, 0.717) is 0 Å². The molecule has 5 aliphatic carbocycles. The van der Waals surface area contributed by atoms with E-state index in [4.69, 9.17) is 0 Å². The molecule has 0 aliphatic heterocycles. The van der Waals surface area contributed by atoms with E-state index in [1.807, 2.05) is 0 Å². The molecule has 0 radical (unpaired) electrons. The first kappa shape index (κ1) is 18.2. The predicted octanol–water partition coefficient (Wildman–Crippen LogP) is 8.87. The Morgan fingerprint density at radius 2 is 1.12 bits per heavy atom. The van der Waals surface area contributed by atoms with Gasteiger partial charge in [-0.2, -0.15) is 0 Å². The molecule has 1 spiro atoms. The van der Waals surface area contributed by atoms with Gasteiger partial charge in [-0.25, -0.2) is 0 Å². The summed E-state index contributed by atoms with van der Waals surface area (Å²) in [6.45, 7) is 0. The van der Waals surface area contributed by atoms with Crippen molar-refractivity contribution in [2.24, 2.45) is 23.7 Å². The summed E-state index contributed by atoms with van der Waals surface area (Å²) in [5.41, 5.74) is 6.61. The van der Waals surface area contributed by atoms with Crippen molar-refractivity contribution in [1.29, 1.82) is 0 Å². The highest BCUT2D eigenvalue weighted by Gasteiger charge is 2.62. The summed E-state index contributed by atoms with van der Waals surface area (Å²) in [7, 11) is 0. The third-order valence-electron chi connectivity index (χ3n) is 10.3. The van der Waals surface area contributed by atoms with Gasteiger partial charge < -0.3 is 0 Å². The van der Waals surface area contributed by atoms with Crippen molar-refractivity contribution in [3.05, 3.63) is 96.1 Å². The molecule has 10 rings (SSSR count). The van der Waals surface area contributed by atoms with E-state index in [2.05, 4.69) is 84.9 Å². The van der Waals surface area contributed by atoms with Crippen LogP contribution in [0.25, 0.3) is 43.4 Å². The quantitative estimate of drug-likeness (QED) is 0.213. The van der Waals surface area contributed by atoms with E-state index in [0.717, 1.165) is 23.7 Å². The summed E-state index contributed by atoms with van der Waals surface area (Å²) in [6.07, 6.45) is 7.24. The van der Waals surface area contributed by atoms with Gasteiger partial charge in [-0.3, -0.25) is 0 Å². The number of benzene rings is 5. The Morgan fingerprint density at radius 3 is 1.82 bits per heavy atom. The van der Waals surface area contributed by atoms with Crippen molar-refractivity contribution in [1.82, 2.24) is 0 Å².